The number of pyridine rings is 2. The van der Waals surface area contributed by atoms with Crippen molar-refractivity contribution in [1.82, 2.24) is 14.9 Å². The van der Waals surface area contributed by atoms with E-state index in [0.717, 1.165) is 11.1 Å². The van der Waals surface area contributed by atoms with Gasteiger partial charge in [-0.25, -0.2) is 0 Å². The third-order valence-corrected chi connectivity index (χ3v) is 2.64. The molecule has 2 heterocycles. The molecule has 0 aliphatic carbocycles. The summed E-state index contributed by atoms with van der Waals surface area (Å²) in [6.07, 6.45) is 6.87. The quantitative estimate of drug-likeness (QED) is 0.850. The normalized spacial score (nSPS) is 10.6. The van der Waals surface area contributed by atoms with E-state index in [4.69, 9.17) is 5.11 Å². The van der Waals surface area contributed by atoms with Gasteiger partial charge in [-0.1, -0.05) is 6.07 Å². The summed E-state index contributed by atoms with van der Waals surface area (Å²) in [7, 11) is 0. The van der Waals surface area contributed by atoms with E-state index in [0.29, 0.717) is 13.1 Å². The molecule has 5 nitrogen and oxygen atoms in total. The standard InChI is InChI=1S/C14H15N3O2/c18-14(19)11-17(9-12-3-6-15-7-4-12)10-13-2-1-5-16-8-13/h1-8H,9-11H2,(H,18,19). The van der Waals surface area contributed by atoms with Crippen molar-refractivity contribution >= 4 is 5.97 Å². The van der Waals surface area contributed by atoms with Crippen LogP contribution in [0.1, 0.15) is 11.1 Å². The van der Waals surface area contributed by atoms with Crippen molar-refractivity contribution < 1.29 is 9.90 Å². The summed E-state index contributed by atoms with van der Waals surface area (Å²) in [5, 5.41) is 8.97. The van der Waals surface area contributed by atoms with Gasteiger partial charge >= 0.3 is 5.97 Å². The van der Waals surface area contributed by atoms with Crippen LogP contribution in [0.25, 0.3) is 0 Å². The van der Waals surface area contributed by atoms with Gasteiger partial charge in [0.2, 0.25) is 0 Å². The minimum atomic E-state index is -0.835. The van der Waals surface area contributed by atoms with Crippen LogP contribution in [0.15, 0.2) is 49.1 Å². The van der Waals surface area contributed by atoms with Crippen LogP contribution in [-0.4, -0.2) is 32.5 Å². The second-order valence-corrected chi connectivity index (χ2v) is 4.26. The first-order valence-electron chi connectivity index (χ1n) is 5.96. The first kappa shape index (κ1) is 13.2. The molecule has 0 bridgehead atoms. The second kappa shape index (κ2) is 6.61. The van der Waals surface area contributed by atoms with E-state index < -0.39 is 5.97 Å². The van der Waals surface area contributed by atoms with Gasteiger partial charge in [-0.05, 0) is 29.3 Å². The maximum Gasteiger partial charge on any atom is 0.317 e. The van der Waals surface area contributed by atoms with E-state index in [1.807, 2.05) is 29.2 Å². The predicted molar refractivity (Wildman–Crippen MR) is 70.2 cm³/mol. The molecular formula is C14H15N3O2. The van der Waals surface area contributed by atoms with E-state index in [1.54, 1.807) is 24.8 Å². The van der Waals surface area contributed by atoms with Gasteiger partial charge in [0.25, 0.3) is 0 Å². The SMILES string of the molecule is O=C(O)CN(Cc1ccncc1)Cc1cccnc1. The summed E-state index contributed by atoms with van der Waals surface area (Å²) >= 11 is 0. The van der Waals surface area contributed by atoms with Gasteiger partial charge in [0.1, 0.15) is 0 Å². The van der Waals surface area contributed by atoms with Crippen LogP contribution in [0.5, 0.6) is 0 Å². The number of rotatable bonds is 6. The monoisotopic (exact) mass is 257 g/mol. The minimum absolute atomic E-state index is 0.00276. The Morgan fingerprint density at radius 1 is 1.05 bits per heavy atom. The van der Waals surface area contributed by atoms with Gasteiger partial charge < -0.3 is 5.11 Å². The largest absolute Gasteiger partial charge is 0.480 e. The lowest BCUT2D eigenvalue weighted by atomic mass is 10.2. The Balaban J connectivity index is 2.06. The van der Waals surface area contributed by atoms with Crippen molar-refractivity contribution in [1.29, 1.82) is 0 Å². The fourth-order valence-electron chi connectivity index (χ4n) is 1.86. The van der Waals surface area contributed by atoms with Crippen molar-refractivity contribution in [3.8, 4) is 0 Å². The zero-order valence-corrected chi connectivity index (χ0v) is 10.4. The van der Waals surface area contributed by atoms with Crippen LogP contribution in [0, 0.1) is 0 Å². The van der Waals surface area contributed by atoms with Crippen LogP contribution in [0.4, 0.5) is 0 Å². The number of carboxylic acids is 1. The Morgan fingerprint density at radius 2 is 1.79 bits per heavy atom. The van der Waals surface area contributed by atoms with E-state index in [1.165, 1.54) is 0 Å². The van der Waals surface area contributed by atoms with Crippen LogP contribution < -0.4 is 0 Å². The van der Waals surface area contributed by atoms with Crippen molar-refractivity contribution in [2.24, 2.45) is 0 Å². The molecule has 5 heteroatoms. The molecule has 0 unspecified atom stereocenters. The molecule has 0 aliphatic rings. The molecule has 2 aromatic rings. The lowest BCUT2D eigenvalue weighted by Gasteiger charge is -2.20. The van der Waals surface area contributed by atoms with E-state index >= 15 is 0 Å². The van der Waals surface area contributed by atoms with Crippen LogP contribution in [0.2, 0.25) is 0 Å². The number of aromatic nitrogens is 2. The van der Waals surface area contributed by atoms with Crippen LogP contribution in [-0.2, 0) is 17.9 Å². The Kier molecular flexibility index (Phi) is 4.58. The van der Waals surface area contributed by atoms with Gasteiger partial charge in [0.05, 0.1) is 6.54 Å². The molecule has 0 amide bonds. The lowest BCUT2D eigenvalue weighted by molar-refractivity contribution is -0.138. The summed E-state index contributed by atoms with van der Waals surface area (Å²) in [6.45, 7) is 1.13. The second-order valence-electron chi connectivity index (χ2n) is 4.26. The Hall–Kier alpha value is -2.27. The Labute approximate surface area is 111 Å². The highest BCUT2D eigenvalue weighted by molar-refractivity contribution is 5.69. The van der Waals surface area contributed by atoms with Crippen molar-refractivity contribution in [3.05, 3.63) is 60.2 Å². The van der Waals surface area contributed by atoms with Gasteiger partial charge in [0, 0.05) is 37.9 Å². The molecule has 0 aliphatic heterocycles. The summed E-state index contributed by atoms with van der Waals surface area (Å²) in [4.78, 5) is 20.8. The minimum Gasteiger partial charge on any atom is -0.480 e. The number of aliphatic carboxylic acids is 1. The molecule has 2 aromatic heterocycles. The van der Waals surface area contributed by atoms with E-state index in [-0.39, 0.29) is 6.54 Å². The maximum absolute atomic E-state index is 10.9. The number of nitrogens with zero attached hydrogens (tertiary/aromatic N) is 3. The average Bonchev–Trinajstić information content (AvgIpc) is 2.40. The van der Waals surface area contributed by atoms with Crippen molar-refractivity contribution in [2.75, 3.05) is 6.54 Å². The number of carbonyl (C=O) groups is 1. The molecule has 2 rings (SSSR count). The van der Waals surface area contributed by atoms with Gasteiger partial charge in [0.15, 0.2) is 0 Å². The Bertz CT molecular complexity index is 475. The summed E-state index contributed by atoms with van der Waals surface area (Å²) < 4.78 is 0. The number of carboxylic acid groups (broad SMARTS) is 1. The molecule has 1 N–H and O–H groups in total. The first-order valence-corrected chi connectivity index (χ1v) is 5.96. The molecular weight excluding hydrogens is 242 g/mol. The number of hydrogen-bond donors (Lipinski definition) is 1. The molecule has 0 radical (unpaired) electrons. The predicted octanol–water partition coefficient (Wildman–Crippen LogP) is 1.56. The first-order chi connectivity index (χ1) is 9.24. The highest BCUT2D eigenvalue weighted by Gasteiger charge is 2.11. The van der Waals surface area contributed by atoms with Crippen molar-refractivity contribution in [3.63, 3.8) is 0 Å². The molecule has 98 valence electrons. The van der Waals surface area contributed by atoms with E-state index in [9.17, 15) is 4.79 Å². The van der Waals surface area contributed by atoms with Gasteiger partial charge in [-0.2, -0.15) is 0 Å². The molecule has 0 aromatic carbocycles. The average molecular weight is 257 g/mol. The van der Waals surface area contributed by atoms with Gasteiger partial charge in [-0.3, -0.25) is 19.7 Å². The topological polar surface area (TPSA) is 66.3 Å². The Morgan fingerprint density at radius 3 is 2.42 bits per heavy atom. The zero-order chi connectivity index (χ0) is 13.5. The highest BCUT2D eigenvalue weighted by atomic mass is 16.4. The molecule has 0 saturated carbocycles. The van der Waals surface area contributed by atoms with Crippen LogP contribution >= 0.6 is 0 Å². The zero-order valence-electron chi connectivity index (χ0n) is 10.4. The van der Waals surface area contributed by atoms with Gasteiger partial charge in [-0.15, -0.1) is 0 Å². The number of hydrogen-bond acceptors (Lipinski definition) is 4. The smallest absolute Gasteiger partial charge is 0.317 e. The van der Waals surface area contributed by atoms with Crippen LogP contribution in [0.3, 0.4) is 0 Å². The molecule has 0 fully saturated rings. The summed E-state index contributed by atoms with van der Waals surface area (Å²) in [6, 6.07) is 7.56. The van der Waals surface area contributed by atoms with E-state index in [2.05, 4.69) is 9.97 Å². The maximum atomic E-state index is 10.9. The highest BCUT2D eigenvalue weighted by Crippen LogP contribution is 2.08. The third-order valence-electron chi connectivity index (χ3n) is 2.64. The summed E-state index contributed by atoms with van der Waals surface area (Å²) in [5.74, 6) is -0.835. The summed E-state index contributed by atoms with van der Waals surface area (Å²) in [5.41, 5.74) is 2.04. The van der Waals surface area contributed by atoms with Crippen molar-refractivity contribution in [2.45, 2.75) is 13.1 Å². The molecule has 19 heavy (non-hydrogen) atoms. The molecule has 0 atom stereocenters. The lowest BCUT2D eigenvalue weighted by Crippen LogP contribution is -2.29. The fourth-order valence-corrected chi connectivity index (χ4v) is 1.86. The molecule has 0 spiro atoms. The fraction of sp³-hybridized carbons (Fsp3) is 0.214. The third kappa shape index (κ3) is 4.48. The molecule has 0 saturated heterocycles.